The first-order valence-corrected chi connectivity index (χ1v) is 10.1. The number of H-pyrrole nitrogens is 1. The quantitative estimate of drug-likeness (QED) is 0.365. The molecule has 1 amide bonds. The van der Waals surface area contributed by atoms with Gasteiger partial charge in [-0.15, -0.1) is 0 Å². The Morgan fingerprint density at radius 2 is 1.62 bits per heavy atom. The molecule has 0 fully saturated rings. The van der Waals surface area contributed by atoms with Crippen LogP contribution in [0.4, 0.5) is 0 Å². The number of carbonyl (C=O) groups is 2. The molecule has 166 valence electrons. The zero-order chi connectivity index (χ0) is 23.5. The van der Waals surface area contributed by atoms with Gasteiger partial charge >= 0.3 is 5.97 Å². The summed E-state index contributed by atoms with van der Waals surface area (Å²) in [4.78, 5) is 36.6. The monoisotopic (exact) mass is 434 g/mol. The summed E-state index contributed by atoms with van der Waals surface area (Å²) in [5, 5.41) is 6.95. The molecule has 1 heterocycles. The Bertz CT molecular complexity index is 1210. The number of hydrogen-bond donors (Lipinski definition) is 2. The maximum atomic E-state index is 12.8. The Morgan fingerprint density at radius 1 is 1.03 bits per heavy atom. The summed E-state index contributed by atoms with van der Waals surface area (Å²) in [6.45, 7) is 8.14. The van der Waals surface area contributed by atoms with E-state index in [1.165, 1.54) is 47.8 Å². The van der Waals surface area contributed by atoms with Crippen molar-refractivity contribution in [3.63, 3.8) is 0 Å². The van der Waals surface area contributed by atoms with Gasteiger partial charge in [0.1, 0.15) is 0 Å². The van der Waals surface area contributed by atoms with Gasteiger partial charge in [-0.3, -0.25) is 14.7 Å². The van der Waals surface area contributed by atoms with Crippen LogP contribution in [0.5, 0.6) is 0 Å². The lowest BCUT2D eigenvalue weighted by Crippen LogP contribution is -2.20. The Labute approximate surface area is 185 Å². The number of aryl methyl sites for hydroxylation is 1. The van der Waals surface area contributed by atoms with Gasteiger partial charge in [0, 0.05) is 11.3 Å². The molecule has 0 bridgehead atoms. The van der Waals surface area contributed by atoms with Crippen LogP contribution in [-0.4, -0.2) is 35.0 Å². The number of aromatic nitrogens is 2. The SMILES string of the molecule is COC(=O)c1ccc(C(=O)NN=Cc2c(C)[nH]n(-c3ccc(C(C)(C)C)cc3)c2=O)cc1. The van der Waals surface area contributed by atoms with Crippen molar-refractivity contribution in [3.8, 4) is 5.69 Å². The molecule has 8 nitrogen and oxygen atoms in total. The first kappa shape index (κ1) is 22.7. The number of carbonyl (C=O) groups excluding carboxylic acids is 2. The number of aromatic amines is 1. The normalized spacial score (nSPS) is 11.5. The average Bonchev–Trinajstić information content (AvgIpc) is 3.06. The van der Waals surface area contributed by atoms with E-state index < -0.39 is 11.9 Å². The molecule has 0 unspecified atom stereocenters. The van der Waals surface area contributed by atoms with Crippen molar-refractivity contribution < 1.29 is 14.3 Å². The number of rotatable bonds is 5. The van der Waals surface area contributed by atoms with Crippen LogP contribution in [0.15, 0.2) is 58.4 Å². The van der Waals surface area contributed by atoms with E-state index in [4.69, 9.17) is 0 Å². The van der Waals surface area contributed by atoms with Crippen LogP contribution in [0.1, 0.15) is 58.3 Å². The number of esters is 1. The lowest BCUT2D eigenvalue weighted by atomic mass is 9.87. The molecule has 3 aromatic rings. The first-order chi connectivity index (χ1) is 15.1. The van der Waals surface area contributed by atoms with Crippen molar-refractivity contribution in [2.45, 2.75) is 33.1 Å². The highest BCUT2D eigenvalue weighted by Gasteiger charge is 2.15. The van der Waals surface area contributed by atoms with Crippen molar-refractivity contribution in [2.75, 3.05) is 7.11 Å². The Balaban J connectivity index is 1.74. The number of nitrogens with one attached hydrogen (secondary N) is 2. The van der Waals surface area contributed by atoms with Gasteiger partial charge in [0.25, 0.3) is 11.5 Å². The second-order valence-electron chi connectivity index (χ2n) is 8.36. The number of amides is 1. The van der Waals surface area contributed by atoms with Gasteiger partial charge in [0.2, 0.25) is 0 Å². The largest absolute Gasteiger partial charge is 0.465 e. The standard InChI is InChI=1S/C24H26N4O4/c1-15-20(14-25-26-21(29)16-6-8-17(9-7-16)23(31)32-5)22(30)28(27-15)19-12-10-18(11-13-19)24(2,3)4/h6-14,27H,1-5H3,(H,26,29). The van der Waals surface area contributed by atoms with Gasteiger partial charge in [0.15, 0.2) is 0 Å². The number of nitrogens with zero attached hydrogens (tertiary/aromatic N) is 2. The lowest BCUT2D eigenvalue weighted by molar-refractivity contribution is 0.0600. The zero-order valence-corrected chi connectivity index (χ0v) is 18.7. The Hall–Kier alpha value is -3.94. The van der Waals surface area contributed by atoms with Crippen LogP contribution < -0.4 is 11.0 Å². The maximum absolute atomic E-state index is 12.8. The smallest absolute Gasteiger partial charge is 0.337 e. The number of hydrogen-bond acceptors (Lipinski definition) is 5. The summed E-state index contributed by atoms with van der Waals surface area (Å²) in [5.74, 6) is -0.953. The third-order valence-corrected chi connectivity index (χ3v) is 5.04. The fourth-order valence-corrected chi connectivity index (χ4v) is 3.10. The van der Waals surface area contributed by atoms with Crippen LogP contribution in [-0.2, 0) is 10.2 Å². The lowest BCUT2D eigenvalue weighted by Gasteiger charge is -2.19. The molecule has 2 N–H and O–H groups in total. The number of benzene rings is 2. The molecule has 0 saturated carbocycles. The minimum Gasteiger partial charge on any atom is -0.465 e. The molecule has 3 rings (SSSR count). The van der Waals surface area contributed by atoms with Crippen molar-refractivity contribution >= 4 is 18.1 Å². The predicted molar refractivity (Wildman–Crippen MR) is 123 cm³/mol. The molecule has 0 aliphatic carbocycles. The molecular formula is C24H26N4O4. The molecule has 0 atom stereocenters. The van der Waals surface area contributed by atoms with E-state index >= 15 is 0 Å². The fraction of sp³-hybridized carbons (Fsp3) is 0.250. The van der Waals surface area contributed by atoms with Gasteiger partial charge in [-0.25, -0.2) is 14.9 Å². The molecule has 0 radical (unpaired) electrons. The van der Waals surface area contributed by atoms with Gasteiger partial charge in [-0.05, 0) is 54.3 Å². The highest BCUT2D eigenvalue weighted by atomic mass is 16.5. The number of hydrazone groups is 1. The van der Waals surface area contributed by atoms with Crippen LogP contribution in [0.3, 0.4) is 0 Å². The minimum atomic E-state index is -0.484. The minimum absolute atomic E-state index is 0.0186. The topological polar surface area (TPSA) is 106 Å². The Kier molecular flexibility index (Phi) is 6.43. The van der Waals surface area contributed by atoms with Crippen molar-refractivity contribution in [3.05, 3.63) is 86.8 Å². The second-order valence-corrected chi connectivity index (χ2v) is 8.36. The number of ether oxygens (including phenoxy) is 1. The van der Waals surface area contributed by atoms with E-state index in [9.17, 15) is 14.4 Å². The summed E-state index contributed by atoms with van der Waals surface area (Å²) in [6.07, 6.45) is 1.31. The van der Waals surface area contributed by atoms with E-state index in [1.54, 1.807) is 6.92 Å². The third kappa shape index (κ3) is 4.85. The highest BCUT2D eigenvalue weighted by molar-refractivity contribution is 5.96. The molecule has 0 aliphatic heterocycles. The van der Waals surface area contributed by atoms with Crippen molar-refractivity contribution in [2.24, 2.45) is 5.10 Å². The van der Waals surface area contributed by atoms with E-state index in [0.717, 1.165) is 0 Å². The van der Waals surface area contributed by atoms with Crippen molar-refractivity contribution in [1.82, 2.24) is 15.2 Å². The van der Waals surface area contributed by atoms with Crippen LogP contribution >= 0.6 is 0 Å². The molecule has 8 heteroatoms. The summed E-state index contributed by atoms with van der Waals surface area (Å²) in [6, 6.07) is 13.7. The van der Waals surface area contributed by atoms with Crippen LogP contribution in [0.25, 0.3) is 5.69 Å². The van der Waals surface area contributed by atoms with Crippen molar-refractivity contribution in [1.29, 1.82) is 0 Å². The summed E-state index contributed by atoms with van der Waals surface area (Å²) in [5.41, 5.74) is 5.63. The first-order valence-electron chi connectivity index (χ1n) is 10.1. The van der Waals surface area contributed by atoms with E-state index in [1.807, 2.05) is 24.3 Å². The van der Waals surface area contributed by atoms with E-state index in [0.29, 0.717) is 28.1 Å². The summed E-state index contributed by atoms with van der Waals surface area (Å²) < 4.78 is 6.07. The molecule has 0 saturated heterocycles. The zero-order valence-electron chi connectivity index (χ0n) is 18.7. The molecular weight excluding hydrogens is 408 g/mol. The van der Waals surface area contributed by atoms with E-state index in [-0.39, 0.29) is 11.0 Å². The summed E-state index contributed by atoms with van der Waals surface area (Å²) >= 11 is 0. The molecule has 2 aromatic carbocycles. The van der Waals surface area contributed by atoms with Crippen LogP contribution in [0, 0.1) is 6.92 Å². The molecule has 1 aromatic heterocycles. The fourth-order valence-electron chi connectivity index (χ4n) is 3.10. The van der Waals surface area contributed by atoms with Gasteiger partial charge in [0.05, 0.1) is 30.1 Å². The summed E-state index contributed by atoms with van der Waals surface area (Å²) in [7, 11) is 1.29. The molecule has 0 aliphatic rings. The maximum Gasteiger partial charge on any atom is 0.337 e. The molecule has 32 heavy (non-hydrogen) atoms. The predicted octanol–water partition coefficient (Wildman–Crippen LogP) is 3.32. The van der Waals surface area contributed by atoms with Gasteiger partial charge in [-0.1, -0.05) is 32.9 Å². The third-order valence-electron chi connectivity index (χ3n) is 5.04. The Morgan fingerprint density at radius 3 is 2.19 bits per heavy atom. The van der Waals surface area contributed by atoms with Gasteiger partial charge in [-0.2, -0.15) is 5.10 Å². The second kappa shape index (κ2) is 9.05. The van der Waals surface area contributed by atoms with Crippen LogP contribution in [0.2, 0.25) is 0 Å². The highest BCUT2D eigenvalue weighted by Crippen LogP contribution is 2.22. The molecule has 0 spiro atoms. The van der Waals surface area contributed by atoms with Gasteiger partial charge < -0.3 is 4.74 Å². The average molecular weight is 434 g/mol. The van der Waals surface area contributed by atoms with E-state index in [2.05, 4.69) is 41.1 Å². The number of methoxy groups -OCH3 is 1.